The normalized spacial score (nSPS) is 27.6. The van der Waals surface area contributed by atoms with Crippen LogP contribution >= 0.6 is 12.2 Å². The van der Waals surface area contributed by atoms with Gasteiger partial charge in [0, 0.05) is 24.4 Å². The van der Waals surface area contributed by atoms with Crippen molar-refractivity contribution in [2.45, 2.75) is 66.3 Å². The smallest absolute Gasteiger partial charge is 0.0787 e. The monoisotopic (exact) mass is 350 g/mol. The van der Waals surface area contributed by atoms with Crippen molar-refractivity contribution in [1.82, 2.24) is 5.32 Å². The zero-order chi connectivity index (χ0) is 18.3. The van der Waals surface area contributed by atoms with Crippen molar-refractivity contribution < 1.29 is 0 Å². The molecule has 5 atom stereocenters. The van der Waals surface area contributed by atoms with Gasteiger partial charge in [0.05, 0.1) is 4.99 Å². The Morgan fingerprint density at radius 3 is 2.50 bits per heavy atom. The van der Waals surface area contributed by atoms with E-state index in [1.54, 1.807) is 0 Å². The molecule has 3 N–H and O–H groups in total. The van der Waals surface area contributed by atoms with Crippen LogP contribution in [0.25, 0.3) is 0 Å². The van der Waals surface area contributed by atoms with E-state index in [1.165, 1.54) is 24.8 Å². The molecule has 1 rings (SSSR count). The van der Waals surface area contributed by atoms with Gasteiger partial charge in [0.25, 0.3) is 0 Å². The van der Waals surface area contributed by atoms with Gasteiger partial charge in [-0.05, 0) is 43.9 Å². The molecule has 2 nitrogen and oxygen atoms in total. The van der Waals surface area contributed by atoms with Gasteiger partial charge in [0.1, 0.15) is 0 Å². The summed E-state index contributed by atoms with van der Waals surface area (Å²) in [4.78, 5) is 1.06. The van der Waals surface area contributed by atoms with E-state index in [2.05, 4.69) is 52.6 Å². The lowest BCUT2D eigenvalue weighted by atomic mass is 9.70. The van der Waals surface area contributed by atoms with Crippen LogP contribution in [0.1, 0.15) is 60.3 Å². The molecule has 3 heteroatoms. The van der Waals surface area contributed by atoms with Crippen LogP contribution in [0.5, 0.6) is 0 Å². The van der Waals surface area contributed by atoms with Gasteiger partial charge in [-0.3, -0.25) is 0 Å². The summed E-state index contributed by atoms with van der Waals surface area (Å²) in [5.41, 5.74) is 7.60. The maximum absolute atomic E-state index is 6.25. The zero-order valence-corrected chi connectivity index (χ0v) is 17.2. The summed E-state index contributed by atoms with van der Waals surface area (Å²) in [6.07, 6.45) is 8.84. The van der Waals surface area contributed by atoms with E-state index >= 15 is 0 Å². The van der Waals surface area contributed by atoms with Crippen LogP contribution in [0.2, 0.25) is 0 Å². The molecular weight excluding hydrogens is 312 g/mol. The second kappa shape index (κ2) is 10.4. The Morgan fingerprint density at radius 2 is 2.00 bits per heavy atom. The second-order valence-electron chi connectivity index (χ2n) is 7.97. The lowest BCUT2D eigenvalue weighted by molar-refractivity contribution is 0.190. The number of hydrogen-bond acceptors (Lipinski definition) is 2. The average molecular weight is 351 g/mol. The maximum Gasteiger partial charge on any atom is 0.0787 e. The lowest BCUT2D eigenvalue weighted by Crippen LogP contribution is -2.43. The van der Waals surface area contributed by atoms with E-state index < -0.39 is 0 Å². The predicted molar refractivity (Wildman–Crippen MR) is 111 cm³/mol. The van der Waals surface area contributed by atoms with Crippen LogP contribution in [0.4, 0.5) is 0 Å². The second-order valence-corrected chi connectivity index (χ2v) is 8.41. The molecule has 138 valence electrons. The predicted octanol–water partition coefficient (Wildman–Crippen LogP) is 5.10. The number of thiocarbonyl (C=S) groups is 1. The minimum Gasteiger partial charge on any atom is -0.379 e. The quantitative estimate of drug-likeness (QED) is 0.472. The van der Waals surface area contributed by atoms with Crippen molar-refractivity contribution in [3.8, 4) is 0 Å². The molecule has 24 heavy (non-hydrogen) atoms. The number of hydrogen-bond donors (Lipinski definition) is 2. The van der Waals surface area contributed by atoms with Crippen molar-refractivity contribution in [1.29, 1.82) is 0 Å². The molecule has 0 aromatic rings. The Hall–Kier alpha value is -0.670. The standard InChI is InChI=1S/C21H38N2S/c1-7-9-17(8-2)20(16(6)22)13-23-21(24)19-12-15(5)10-11-18(19)14(3)4/h7,9,14-16,18-20H,1,8,10-13,22H2,2-6H3,(H,23,24)/b17-9+/t15?,16?,18-,19?,20?/m0/s1. The number of rotatable bonds is 8. The van der Waals surface area contributed by atoms with E-state index in [9.17, 15) is 0 Å². The number of nitrogens with one attached hydrogen (secondary N) is 1. The highest BCUT2D eigenvalue weighted by Crippen LogP contribution is 2.38. The van der Waals surface area contributed by atoms with Gasteiger partial charge in [0.2, 0.25) is 0 Å². The van der Waals surface area contributed by atoms with Gasteiger partial charge in [-0.25, -0.2) is 0 Å². The minimum atomic E-state index is 0.109. The highest BCUT2D eigenvalue weighted by molar-refractivity contribution is 7.80. The molecule has 0 aromatic heterocycles. The molecule has 0 spiro atoms. The summed E-state index contributed by atoms with van der Waals surface area (Å²) >= 11 is 5.82. The first kappa shape index (κ1) is 21.4. The van der Waals surface area contributed by atoms with Crippen LogP contribution in [0.15, 0.2) is 24.3 Å². The third-order valence-corrected chi connectivity index (χ3v) is 6.15. The number of allylic oxidation sites excluding steroid dienone is 2. The lowest BCUT2D eigenvalue weighted by Gasteiger charge is -2.38. The maximum atomic E-state index is 6.25. The molecule has 0 radical (unpaired) electrons. The first-order valence-electron chi connectivity index (χ1n) is 9.66. The largest absolute Gasteiger partial charge is 0.379 e. The number of nitrogens with two attached hydrogens (primary N) is 1. The Bertz CT molecular complexity index is 439. The van der Waals surface area contributed by atoms with Gasteiger partial charge >= 0.3 is 0 Å². The molecule has 0 amide bonds. The van der Waals surface area contributed by atoms with Crippen molar-refractivity contribution in [3.63, 3.8) is 0 Å². The molecule has 0 bridgehead atoms. The van der Waals surface area contributed by atoms with Gasteiger partial charge in [-0.1, -0.05) is 70.6 Å². The molecule has 0 aliphatic heterocycles. The van der Waals surface area contributed by atoms with Gasteiger partial charge < -0.3 is 11.1 Å². The van der Waals surface area contributed by atoms with Crippen LogP contribution in [-0.2, 0) is 0 Å². The molecule has 4 unspecified atom stereocenters. The van der Waals surface area contributed by atoms with E-state index in [-0.39, 0.29) is 6.04 Å². The van der Waals surface area contributed by atoms with Crippen LogP contribution in [0.3, 0.4) is 0 Å². The fourth-order valence-corrected chi connectivity index (χ4v) is 4.51. The molecule has 1 saturated carbocycles. The topological polar surface area (TPSA) is 38.0 Å². The molecule has 1 aliphatic rings. The Morgan fingerprint density at radius 1 is 1.33 bits per heavy atom. The summed E-state index contributed by atoms with van der Waals surface area (Å²) < 4.78 is 0. The summed E-state index contributed by atoms with van der Waals surface area (Å²) in [7, 11) is 0. The van der Waals surface area contributed by atoms with Crippen LogP contribution in [0, 0.1) is 29.6 Å². The van der Waals surface area contributed by atoms with E-state index in [0.29, 0.717) is 23.7 Å². The van der Waals surface area contributed by atoms with E-state index in [4.69, 9.17) is 18.0 Å². The molecular formula is C21H38N2S. The average Bonchev–Trinajstić information content (AvgIpc) is 2.52. The molecule has 1 aliphatic carbocycles. The van der Waals surface area contributed by atoms with Crippen molar-refractivity contribution in [3.05, 3.63) is 24.3 Å². The summed E-state index contributed by atoms with van der Waals surface area (Å²) in [5.74, 6) is 3.01. The van der Waals surface area contributed by atoms with Crippen molar-refractivity contribution in [2.24, 2.45) is 35.3 Å². The van der Waals surface area contributed by atoms with Gasteiger partial charge in [-0.15, -0.1) is 0 Å². The first-order valence-corrected chi connectivity index (χ1v) is 10.1. The van der Waals surface area contributed by atoms with E-state index in [0.717, 1.165) is 23.9 Å². The van der Waals surface area contributed by atoms with Crippen molar-refractivity contribution >= 4 is 17.2 Å². The third kappa shape index (κ3) is 6.00. The summed E-state index contributed by atoms with van der Waals surface area (Å²) in [6, 6.07) is 0.109. The SMILES string of the molecule is C=C/C=C(\CC)C(CNC(=S)C1CC(C)CC[C@H]1C(C)C)C(C)N. The molecule has 0 heterocycles. The van der Waals surface area contributed by atoms with Crippen LogP contribution in [-0.4, -0.2) is 17.6 Å². The highest BCUT2D eigenvalue weighted by atomic mass is 32.1. The zero-order valence-electron chi connectivity index (χ0n) is 16.3. The van der Waals surface area contributed by atoms with Gasteiger partial charge in [0.15, 0.2) is 0 Å². The Kier molecular flexibility index (Phi) is 9.22. The fourth-order valence-electron chi connectivity index (χ4n) is 4.16. The van der Waals surface area contributed by atoms with Gasteiger partial charge in [-0.2, -0.15) is 0 Å². The minimum absolute atomic E-state index is 0.109. The van der Waals surface area contributed by atoms with Crippen molar-refractivity contribution in [2.75, 3.05) is 6.54 Å². The summed E-state index contributed by atoms with van der Waals surface area (Å²) in [6.45, 7) is 16.0. The van der Waals surface area contributed by atoms with Crippen LogP contribution < -0.4 is 11.1 Å². The summed E-state index contributed by atoms with van der Waals surface area (Å²) in [5, 5.41) is 3.59. The molecule has 0 saturated heterocycles. The fraction of sp³-hybridized carbons (Fsp3) is 0.762. The highest BCUT2D eigenvalue weighted by Gasteiger charge is 2.33. The molecule has 1 fully saturated rings. The first-order chi connectivity index (χ1) is 11.3. The Labute approximate surface area is 155 Å². The third-order valence-electron chi connectivity index (χ3n) is 5.71. The van der Waals surface area contributed by atoms with E-state index in [1.807, 2.05) is 6.08 Å². The molecule has 0 aromatic carbocycles. The Balaban J connectivity index is 2.76.